The van der Waals surface area contributed by atoms with Crippen molar-refractivity contribution in [2.45, 2.75) is 44.7 Å². The van der Waals surface area contributed by atoms with E-state index in [2.05, 4.69) is 4.90 Å². The fourth-order valence-electron chi connectivity index (χ4n) is 2.83. The largest absolute Gasteiger partial charge is 0.322 e. The van der Waals surface area contributed by atoms with Crippen LogP contribution in [0, 0.1) is 11.6 Å². The molecule has 2 nitrogen and oxygen atoms in total. The third-order valence-corrected chi connectivity index (χ3v) is 4.24. The monoisotopic (exact) mass is 268 g/mol. The standard InChI is InChI=1S/C15H22F2N2/c1-15(2,19-9-4-3-5-10-19)14(18)13-11(16)7-6-8-12(13)17/h6-8,14H,3-5,9-10,18H2,1-2H3. The van der Waals surface area contributed by atoms with E-state index in [0.717, 1.165) is 25.9 Å². The van der Waals surface area contributed by atoms with Crippen LogP contribution in [-0.4, -0.2) is 23.5 Å². The predicted octanol–water partition coefficient (Wildman–Crippen LogP) is 3.23. The second-order valence-electron chi connectivity index (χ2n) is 5.81. The molecule has 2 rings (SSSR count). The summed E-state index contributed by atoms with van der Waals surface area (Å²) in [5, 5.41) is 0. The average molecular weight is 268 g/mol. The summed E-state index contributed by atoms with van der Waals surface area (Å²) >= 11 is 0. The molecular weight excluding hydrogens is 246 g/mol. The summed E-state index contributed by atoms with van der Waals surface area (Å²) in [6, 6.07) is 3.23. The predicted molar refractivity (Wildman–Crippen MR) is 72.8 cm³/mol. The van der Waals surface area contributed by atoms with E-state index in [1.807, 2.05) is 13.8 Å². The van der Waals surface area contributed by atoms with Crippen molar-refractivity contribution in [1.82, 2.24) is 4.90 Å². The summed E-state index contributed by atoms with van der Waals surface area (Å²) in [5.74, 6) is -1.12. The van der Waals surface area contributed by atoms with E-state index in [0.29, 0.717) is 0 Å². The Labute approximate surface area is 113 Å². The van der Waals surface area contributed by atoms with Gasteiger partial charge in [-0.1, -0.05) is 12.5 Å². The van der Waals surface area contributed by atoms with Crippen molar-refractivity contribution in [3.05, 3.63) is 35.4 Å². The topological polar surface area (TPSA) is 29.3 Å². The molecule has 4 heteroatoms. The molecule has 0 aliphatic carbocycles. The number of halogens is 2. The SMILES string of the molecule is CC(C)(C(N)c1c(F)cccc1F)N1CCCCC1. The Morgan fingerprint density at radius 1 is 1.11 bits per heavy atom. The van der Waals surface area contributed by atoms with Gasteiger partial charge in [0.1, 0.15) is 11.6 Å². The van der Waals surface area contributed by atoms with E-state index in [4.69, 9.17) is 5.73 Å². The molecule has 1 heterocycles. The van der Waals surface area contributed by atoms with Crippen LogP contribution in [0.2, 0.25) is 0 Å². The molecule has 1 fully saturated rings. The normalized spacial score (nSPS) is 19.4. The Hall–Kier alpha value is -1.00. The van der Waals surface area contributed by atoms with Crippen LogP contribution in [0.3, 0.4) is 0 Å². The quantitative estimate of drug-likeness (QED) is 0.912. The summed E-state index contributed by atoms with van der Waals surface area (Å²) in [4.78, 5) is 2.24. The molecule has 0 bridgehead atoms. The van der Waals surface area contributed by atoms with E-state index >= 15 is 0 Å². The minimum Gasteiger partial charge on any atom is -0.322 e. The number of rotatable bonds is 3. The van der Waals surface area contributed by atoms with Gasteiger partial charge in [0.15, 0.2) is 0 Å². The van der Waals surface area contributed by atoms with E-state index in [1.165, 1.54) is 24.6 Å². The molecule has 0 radical (unpaired) electrons. The Bertz CT molecular complexity index is 420. The first kappa shape index (κ1) is 14.4. The number of nitrogens with zero attached hydrogens (tertiary/aromatic N) is 1. The number of piperidine rings is 1. The van der Waals surface area contributed by atoms with Crippen LogP contribution in [-0.2, 0) is 0 Å². The molecule has 2 N–H and O–H groups in total. The molecule has 1 saturated heterocycles. The van der Waals surface area contributed by atoms with E-state index in [-0.39, 0.29) is 5.56 Å². The number of likely N-dealkylation sites (tertiary alicyclic amines) is 1. The highest BCUT2D eigenvalue weighted by Gasteiger charge is 2.37. The molecule has 1 aliphatic heterocycles. The summed E-state index contributed by atoms with van der Waals surface area (Å²) in [5.41, 5.74) is 5.73. The first-order chi connectivity index (χ1) is 8.94. The van der Waals surface area contributed by atoms with Crippen molar-refractivity contribution in [3.8, 4) is 0 Å². The summed E-state index contributed by atoms with van der Waals surface area (Å²) in [6.45, 7) is 5.82. The van der Waals surface area contributed by atoms with E-state index in [1.54, 1.807) is 0 Å². The molecule has 1 aliphatic rings. The molecular formula is C15H22F2N2. The second kappa shape index (κ2) is 5.55. The lowest BCUT2D eigenvalue weighted by Gasteiger charge is -2.44. The molecule has 0 spiro atoms. The molecule has 1 aromatic rings. The van der Waals surface area contributed by atoms with Crippen LogP contribution in [0.15, 0.2) is 18.2 Å². The first-order valence-corrected chi connectivity index (χ1v) is 6.89. The highest BCUT2D eigenvalue weighted by atomic mass is 19.1. The van der Waals surface area contributed by atoms with Crippen molar-refractivity contribution < 1.29 is 8.78 Å². The smallest absolute Gasteiger partial charge is 0.130 e. The lowest BCUT2D eigenvalue weighted by molar-refractivity contribution is 0.0708. The fraction of sp³-hybridized carbons (Fsp3) is 0.600. The van der Waals surface area contributed by atoms with Crippen LogP contribution in [0.5, 0.6) is 0 Å². The molecule has 19 heavy (non-hydrogen) atoms. The van der Waals surface area contributed by atoms with Gasteiger partial charge in [-0.25, -0.2) is 8.78 Å². The zero-order valence-electron chi connectivity index (χ0n) is 11.6. The number of hydrogen-bond donors (Lipinski definition) is 1. The van der Waals surface area contributed by atoms with Gasteiger partial charge < -0.3 is 5.73 Å². The molecule has 0 saturated carbocycles. The highest BCUT2D eigenvalue weighted by Crippen LogP contribution is 2.33. The third kappa shape index (κ3) is 2.79. The second-order valence-corrected chi connectivity index (χ2v) is 5.81. The minimum absolute atomic E-state index is 0.00178. The third-order valence-electron chi connectivity index (χ3n) is 4.24. The van der Waals surface area contributed by atoms with Gasteiger partial charge in [-0.05, 0) is 51.9 Å². The van der Waals surface area contributed by atoms with Crippen molar-refractivity contribution in [1.29, 1.82) is 0 Å². The molecule has 1 aromatic carbocycles. The van der Waals surface area contributed by atoms with Gasteiger partial charge in [-0.2, -0.15) is 0 Å². The zero-order valence-corrected chi connectivity index (χ0v) is 11.6. The minimum atomic E-state index is -0.674. The first-order valence-electron chi connectivity index (χ1n) is 6.89. The van der Waals surface area contributed by atoms with Crippen molar-refractivity contribution in [2.75, 3.05) is 13.1 Å². The number of nitrogens with two attached hydrogens (primary N) is 1. The summed E-state index contributed by atoms with van der Waals surface area (Å²) < 4.78 is 27.7. The van der Waals surface area contributed by atoms with Crippen LogP contribution in [0.4, 0.5) is 8.78 Å². The maximum atomic E-state index is 13.9. The Morgan fingerprint density at radius 3 is 2.16 bits per heavy atom. The molecule has 106 valence electrons. The zero-order chi connectivity index (χ0) is 14.0. The van der Waals surface area contributed by atoms with Crippen LogP contribution in [0.1, 0.15) is 44.7 Å². The molecule has 1 unspecified atom stereocenters. The Balaban J connectivity index is 2.28. The average Bonchev–Trinajstić information content (AvgIpc) is 2.39. The number of benzene rings is 1. The lowest BCUT2D eigenvalue weighted by Crippen LogP contribution is -2.53. The van der Waals surface area contributed by atoms with Crippen LogP contribution < -0.4 is 5.73 Å². The van der Waals surface area contributed by atoms with E-state index < -0.39 is 23.2 Å². The number of hydrogen-bond acceptors (Lipinski definition) is 2. The van der Waals surface area contributed by atoms with E-state index in [9.17, 15) is 8.78 Å². The maximum Gasteiger partial charge on any atom is 0.130 e. The molecule has 0 amide bonds. The Kier molecular flexibility index (Phi) is 4.21. The van der Waals surface area contributed by atoms with Gasteiger partial charge in [-0.3, -0.25) is 4.90 Å². The van der Waals surface area contributed by atoms with Gasteiger partial charge in [0, 0.05) is 11.1 Å². The van der Waals surface area contributed by atoms with Gasteiger partial charge in [0.2, 0.25) is 0 Å². The fourth-order valence-corrected chi connectivity index (χ4v) is 2.83. The maximum absolute atomic E-state index is 13.9. The van der Waals surface area contributed by atoms with Crippen molar-refractivity contribution >= 4 is 0 Å². The van der Waals surface area contributed by atoms with Gasteiger partial charge >= 0.3 is 0 Å². The van der Waals surface area contributed by atoms with Gasteiger partial charge in [0.25, 0.3) is 0 Å². The highest BCUT2D eigenvalue weighted by molar-refractivity contribution is 5.26. The Morgan fingerprint density at radius 2 is 1.63 bits per heavy atom. The molecule has 1 atom stereocenters. The molecule has 0 aromatic heterocycles. The summed E-state index contributed by atoms with van der Waals surface area (Å²) in [7, 11) is 0. The van der Waals surface area contributed by atoms with Crippen molar-refractivity contribution in [2.24, 2.45) is 5.73 Å². The lowest BCUT2D eigenvalue weighted by atomic mass is 9.85. The van der Waals surface area contributed by atoms with Gasteiger partial charge in [-0.15, -0.1) is 0 Å². The van der Waals surface area contributed by atoms with Crippen LogP contribution >= 0.6 is 0 Å². The van der Waals surface area contributed by atoms with Crippen LogP contribution in [0.25, 0.3) is 0 Å². The van der Waals surface area contributed by atoms with Crippen molar-refractivity contribution in [3.63, 3.8) is 0 Å². The summed E-state index contributed by atoms with van der Waals surface area (Å²) in [6.07, 6.45) is 3.46. The van der Waals surface area contributed by atoms with Gasteiger partial charge in [0.05, 0.1) is 6.04 Å².